The molecule has 3 aliphatic carbocycles. The van der Waals surface area contributed by atoms with Crippen LogP contribution < -0.4 is 0 Å². The second kappa shape index (κ2) is 11.7. The Hall–Kier alpha value is -1.16. The lowest BCUT2D eigenvalue weighted by atomic mass is 9.58. The fourth-order valence-electron chi connectivity index (χ4n) is 7.48. The van der Waals surface area contributed by atoms with E-state index in [-0.39, 0.29) is 6.61 Å². The van der Waals surface area contributed by atoms with Gasteiger partial charge in [-0.25, -0.2) is 0 Å². The van der Waals surface area contributed by atoms with Crippen molar-refractivity contribution in [2.75, 3.05) is 6.61 Å². The summed E-state index contributed by atoms with van der Waals surface area (Å²) in [5, 5.41) is 29.8. The highest BCUT2D eigenvalue weighted by atomic mass is 16.3. The van der Waals surface area contributed by atoms with Crippen LogP contribution in [0.15, 0.2) is 47.6 Å². The molecule has 3 saturated carbocycles. The third-order valence-electron chi connectivity index (χ3n) is 9.38. The largest absolute Gasteiger partial charge is 0.392 e. The monoisotopic (exact) mass is 470 g/mol. The first-order valence-electron chi connectivity index (χ1n) is 13.8. The van der Waals surface area contributed by atoms with Crippen molar-refractivity contribution < 1.29 is 15.3 Å². The molecule has 0 aliphatic heterocycles. The zero-order chi connectivity index (χ0) is 24.9. The lowest BCUT2D eigenvalue weighted by molar-refractivity contribution is 0.0567. The topological polar surface area (TPSA) is 60.7 Å². The van der Waals surface area contributed by atoms with Crippen LogP contribution >= 0.6 is 0 Å². The van der Waals surface area contributed by atoms with Gasteiger partial charge < -0.3 is 15.3 Å². The number of hydrogen-bond acceptors (Lipinski definition) is 3. The normalized spacial score (nSPS) is 36.7. The Morgan fingerprint density at radius 2 is 1.94 bits per heavy atom. The highest BCUT2D eigenvalue weighted by Gasteiger charge is 2.52. The Labute approximate surface area is 208 Å². The van der Waals surface area contributed by atoms with Gasteiger partial charge in [0, 0.05) is 0 Å². The maximum atomic E-state index is 10.5. The van der Waals surface area contributed by atoms with E-state index in [1.54, 1.807) is 11.6 Å². The van der Waals surface area contributed by atoms with Crippen molar-refractivity contribution in [3.8, 4) is 0 Å². The summed E-state index contributed by atoms with van der Waals surface area (Å²) in [6.45, 7) is 12.9. The number of allylic oxidation sites excluding steroid dienone is 4. The van der Waals surface area contributed by atoms with E-state index < -0.39 is 11.7 Å². The van der Waals surface area contributed by atoms with Crippen LogP contribution in [0.25, 0.3) is 0 Å². The van der Waals surface area contributed by atoms with Crippen LogP contribution in [-0.2, 0) is 0 Å². The maximum Gasteiger partial charge on any atom is 0.0788 e. The van der Waals surface area contributed by atoms with Crippen molar-refractivity contribution in [3.63, 3.8) is 0 Å². The van der Waals surface area contributed by atoms with Gasteiger partial charge in [-0.1, -0.05) is 62.1 Å². The van der Waals surface area contributed by atoms with Gasteiger partial charge in [0.25, 0.3) is 0 Å². The molecule has 0 aromatic carbocycles. The molecule has 0 radical (unpaired) electrons. The Bertz CT molecular complexity index is 783. The summed E-state index contributed by atoms with van der Waals surface area (Å²) in [6, 6.07) is 0. The van der Waals surface area contributed by atoms with E-state index >= 15 is 0 Å². The molecule has 0 amide bonds. The van der Waals surface area contributed by atoms with Gasteiger partial charge in [0.05, 0.1) is 18.3 Å². The second-order valence-electron chi connectivity index (χ2n) is 12.4. The molecule has 192 valence electrons. The standard InChI is InChI=1S/C31H50O3/c1-6-8-24-16-19-31(5)27(22(2)9-7-18-30(3,4)34)14-15-28(31)26(24)13-11-23-10-12-25(17-20-32)29(33)21-23/h6,11,13,17,22,24,27-29,32-34H,1,7-10,12,14-16,18-21H2,2-5H3/b23-11-,25-17-,26-13+/t22-,24-,27?,28?,29-,31?/m1/s1. The highest BCUT2D eigenvalue weighted by Crippen LogP contribution is 2.61. The van der Waals surface area contributed by atoms with Crippen LogP contribution in [0, 0.1) is 29.1 Å². The van der Waals surface area contributed by atoms with Crippen LogP contribution in [0.4, 0.5) is 0 Å². The molecule has 3 N–H and O–H groups in total. The molecule has 0 aromatic heterocycles. The fourth-order valence-corrected chi connectivity index (χ4v) is 7.48. The lowest BCUT2D eigenvalue weighted by Gasteiger charge is -2.47. The number of hydrogen-bond donors (Lipinski definition) is 3. The molecule has 3 heteroatoms. The smallest absolute Gasteiger partial charge is 0.0788 e. The van der Waals surface area contributed by atoms with E-state index in [0.717, 1.165) is 43.6 Å². The minimum absolute atomic E-state index is 0.0103. The fraction of sp³-hybridized carbons (Fsp3) is 0.742. The molecular formula is C31H50O3. The van der Waals surface area contributed by atoms with E-state index in [1.807, 2.05) is 13.8 Å². The Morgan fingerprint density at radius 1 is 1.18 bits per heavy atom. The molecule has 6 atom stereocenters. The van der Waals surface area contributed by atoms with Gasteiger partial charge in [-0.15, -0.1) is 6.58 Å². The van der Waals surface area contributed by atoms with Crippen LogP contribution in [-0.4, -0.2) is 33.6 Å². The van der Waals surface area contributed by atoms with Gasteiger partial charge in [0.2, 0.25) is 0 Å². The molecule has 34 heavy (non-hydrogen) atoms. The first-order valence-corrected chi connectivity index (χ1v) is 13.8. The van der Waals surface area contributed by atoms with E-state index in [2.05, 4.69) is 38.7 Å². The van der Waals surface area contributed by atoms with E-state index in [0.29, 0.717) is 29.6 Å². The molecule has 3 nitrogen and oxygen atoms in total. The van der Waals surface area contributed by atoms with Gasteiger partial charge >= 0.3 is 0 Å². The van der Waals surface area contributed by atoms with Crippen molar-refractivity contribution >= 4 is 0 Å². The van der Waals surface area contributed by atoms with Gasteiger partial charge in [0.1, 0.15) is 0 Å². The van der Waals surface area contributed by atoms with Gasteiger partial charge in [-0.3, -0.25) is 0 Å². The third-order valence-corrected chi connectivity index (χ3v) is 9.38. The van der Waals surface area contributed by atoms with Gasteiger partial charge in [-0.05, 0) is 106 Å². The molecule has 0 heterocycles. The minimum Gasteiger partial charge on any atom is -0.392 e. The minimum atomic E-state index is -0.560. The highest BCUT2D eigenvalue weighted by molar-refractivity contribution is 5.30. The number of aliphatic hydroxyl groups is 3. The SMILES string of the molecule is C=CC[C@@H]1CCC2(C)C(CCC2[C@H](C)CCCC(C)(C)O)/C1=C/C=C1/CC/C(=C/CO)[C@H](O)C1. The molecular weight excluding hydrogens is 420 g/mol. The summed E-state index contributed by atoms with van der Waals surface area (Å²) in [6.07, 6.45) is 20.1. The Kier molecular flexibility index (Phi) is 9.45. The summed E-state index contributed by atoms with van der Waals surface area (Å²) < 4.78 is 0. The van der Waals surface area contributed by atoms with Crippen LogP contribution in [0.3, 0.4) is 0 Å². The molecule has 3 fully saturated rings. The van der Waals surface area contributed by atoms with Crippen molar-refractivity contribution in [2.45, 2.75) is 110 Å². The molecule has 0 spiro atoms. The van der Waals surface area contributed by atoms with Gasteiger partial charge in [-0.2, -0.15) is 0 Å². The van der Waals surface area contributed by atoms with Crippen molar-refractivity contribution in [1.29, 1.82) is 0 Å². The summed E-state index contributed by atoms with van der Waals surface area (Å²) >= 11 is 0. The number of rotatable bonds is 9. The molecule has 3 aliphatic rings. The average molecular weight is 471 g/mol. The number of aliphatic hydroxyl groups excluding tert-OH is 2. The van der Waals surface area contributed by atoms with E-state index in [4.69, 9.17) is 0 Å². The average Bonchev–Trinajstić information content (AvgIpc) is 3.11. The molecule has 3 unspecified atom stereocenters. The quantitative estimate of drug-likeness (QED) is 0.321. The predicted octanol–water partition coefficient (Wildman–Crippen LogP) is 6.90. The molecule has 0 aromatic rings. The van der Waals surface area contributed by atoms with Crippen molar-refractivity contribution in [3.05, 3.63) is 47.6 Å². The van der Waals surface area contributed by atoms with Gasteiger partial charge in [0.15, 0.2) is 0 Å². The van der Waals surface area contributed by atoms with Crippen molar-refractivity contribution in [2.24, 2.45) is 29.1 Å². The molecule has 3 rings (SSSR count). The predicted molar refractivity (Wildman–Crippen MR) is 142 cm³/mol. The zero-order valence-electron chi connectivity index (χ0n) is 22.2. The zero-order valence-corrected chi connectivity index (χ0v) is 22.2. The maximum absolute atomic E-state index is 10.5. The second-order valence-corrected chi connectivity index (χ2v) is 12.4. The number of fused-ring (bicyclic) bond motifs is 1. The lowest BCUT2D eigenvalue weighted by Crippen LogP contribution is -2.38. The Balaban J connectivity index is 1.76. The molecule has 0 bridgehead atoms. The summed E-state index contributed by atoms with van der Waals surface area (Å²) in [5.74, 6) is 2.68. The summed E-state index contributed by atoms with van der Waals surface area (Å²) in [7, 11) is 0. The van der Waals surface area contributed by atoms with E-state index in [9.17, 15) is 15.3 Å². The van der Waals surface area contributed by atoms with Crippen LogP contribution in [0.1, 0.15) is 98.3 Å². The first kappa shape index (κ1) is 27.4. The third kappa shape index (κ3) is 6.53. The Morgan fingerprint density at radius 3 is 2.59 bits per heavy atom. The summed E-state index contributed by atoms with van der Waals surface area (Å²) in [4.78, 5) is 0. The van der Waals surface area contributed by atoms with Crippen LogP contribution in [0.5, 0.6) is 0 Å². The summed E-state index contributed by atoms with van der Waals surface area (Å²) in [5.41, 5.74) is 3.74. The molecule has 0 saturated heterocycles. The van der Waals surface area contributed by atoms with Crippen molar-refractivity contribution in [1.82, 2.24) is 0 Å². The first-order chi connectivity index (χ1) is 16.1. The van der Waals surface area contributed by atoms with Crippen LogP contribution in [0.2, 0.25) is 0 Å². The van der Waals surface area contributed by atoms with E-state index in [1.165, 1.54) is 37.7 Å².